The van der Waals surface area contributed by atoms with Gasteiger partial charge in [0.1, 0.15) is 0 Å². The van der Waals surface area contributed by atoms with Gasteiger partial charge in [-0.2, -0.15) is 0 Å². The lowest BCUT2D eigenvalue weighted by atomic mass is 9.81. The second-order valence-corrected chi connectivity index (χ2v) is 20.1. The van der Waals surface area contributed by atoms with Crippen LogP contribution >= 0.6 is 0 Å². The predicted molar refractivity (Wildman–Crippen MR) is 247 cm³/mol. The van der Waals surface area contributed by atoms with Crippen LogP contribution in [0.25, 0.3) is 72.4 Å². The normalized spacial score (nSPS) is 14.2. The minimum atomic E-state index is -2.95. The molecule has 12 rings (SSSR count). The maximum Gasteiger partial charge on any atom is 0.203 e. The Kier molecular flexibility index (Phi) is 7.29. The highest BCUT2D eigenvalue weighted by Crippen LogP contribution is 2.53. The molecule has 8 aromatic carbocycles. The molecular weight excluding hydrogens is 731 g/mol. The molecule has 0 saturated carbocycles. The van der Waals surface area contributed by atoms with Crippen LogP contribution in [0.2, 0.25) is 0 Å². The van der Waals surface area contributed by atoms with Crippen LogP contribution in [0.5, 0.6) is 0 Å². The van der Waals surface area contributed by atoms with Crippen molar-refractivity contribution in [2.24, 2.45) is 0 Å². The topological polar surface area (TPSA) is 30.7 Å². The molecule has 3 heterocycles. The third-order valence-electron chi connectivity index (χ3n) is 13.1. The van der Waals surface area contributed by atoms with Gasteiger partial charge in [-0.1, -0.05) is 196 Å². The van der Waals surface area contributed by atoms with E-state index >= 15 is 0 Å². The van der Waals surface area contributed by atoms with Gasteiger partial charge in [0.25, 0.3) is 0 Å². The highest BCUT2D eigenvalue weighted by Gasteiger charge is 2.51. The van der Waals surface area contributed by atoms with E-state index < -0.39 is 8.07 Å². The van der Waals surface area contributed by atoms with E-state index in [0.717, 1.165) is 39.2 Å². The van der Waals surface area contributed by atoms with Crippen molar-refractivity contribution in [1.82, 2.24) is 14.5 Å². The summed E-state index contributed by atoms with van der Waals surface area (Å²) in [5.41, 5.74) is 14.0. The van der Waals surface area contributed by atoms with Crippen LogP contribution in [0, 0.1) is 0 Å². The van der Waals surface area contributed by atoms with Crippen molar-refractivity contribution in [2.45, 2.75) is 19.3 Å². The van der Waals surface area contributed by atoms with Crippen molar-refractivity contribution in [3.63, 3.8) is 0 Å². The first-order valence-corrected chi connectivity index (χ1v) is 22.5. The fourth-order valence-corrected chi connectivity index (χ4v) is 15.6. The summed E-state index contributed by atoms with van der Waals surface area (Å²) in [6.07, 6.45) is 0. The standard InChI is InChI=1S/C55H39N3Si/c1-55(2)45-30-16-12-26-39(45)41-34-35-42-40-27-13-17-31-46(40)58(52(42)50(41)55)47-32-18-14-28-43(47)53-56-51(36-20-6-3-7-21-36)49-44-29-15-19-33-48(44)59(54(49)57-53,37-22-8-4-9-23-37)38-24-10-5-11-25-38/h3-35H,1-2H3. The molecular formula is C55H39N3Si. The number of hydrogen-bond acceptors (Lipinski definition) is 2. The second kappa shape index (κ2) is 12.7. The molecule has 0 fully saturated rings. The van der Waals surface area contributed by atoms with Crippen molar-refractivity contribution in [1.29, 1.82) is 0 Å². The van der Waals surface area contributed by atoms with Crippen molar-refractivity contribution < 1.29 is 0 Å². The average molecular weight is 770 g/mol. The lowest BCUT2D eigenvalue weighted by Gasteiger charge is -2.30. The van der Waals surface area contributed by atoms with Crippen LogP contribution in [0.1, 0.15) is 25.0 Å². The molecule has 3 nitrogen and oxygen atoms in total. The first kappa shape index (κ1) is 33.9. The van der Waals surface area contributed by atoms with Crippen LogP contribution in [-0.4, -0.2) is 22.6 Å². The van der Waals surface area contributed by atoms with Gasteiger partial charge in [0.15, 0.2) is 5.82 Å². The molecule has 1 aliphatic heterocycles. The molecule has 0 saturated heterocycles. The minimum absolute atomic E-state index is 0.209. The summed E-state index contributed by atoms with van der Waals surface area (Å²) < 4.78 is 2.51. The molecule has 0 unspecified atom stereocenters. The maximum absolute atomic E-state index is 5.93. The van der Waals surface area contributed by atoms with Gasteiger partial charge in [-0.25, -0.2) is 9.97 Å². The van der Waals surface area contributed by atoms with Gasteiger partial charge in [-0.05, 0) is 61.6 Å². The summed E-state index contributed by atoms with van der Waals surface area (Å²) >= 11 is 0. The van der Waals surface area contributed by atoms with Crippen molar-refractivity contribution in [3.05, 3.63) is 211 Å². The zero-order chi connectivity index (χ0) is 39.3. The van der Waals surface area contributed by atoms with Crippen LogP contribution in [0.4, 0.5) is 0 Å². The first-order valence-electron chi connectivity index (χ1n) is 20.5. The summed E-state index contributed by atoms with van der Waals surface area (Å²) in [6, 6.07) is 73.3. The Morgan fingerprint density at radius 1 is 0.475 bits per heavy atom. The lowest BCUT2D eigenvalue weighted by molar-refractivity contribution is 0.664. The average Bonchev–Trinajstić information content (AvgIpc) is 3.88. The Balaban J connectivity index is 1.21. The second-order valence-electron chi connectivity index (χ2n) is 16.4. The molecule has 10 aromatic rings. The highest BCUT2D eigenvalue weighted by atomic mass is 28.3. The predicted octanol–water partition coefficient (Wildman–Crippen LogP) is 10.6. The van der Waals surface area contributed by atoms with E-state index in [0.29, 0.717) is 0 Å². The number of nitrogens with zero attached hydrogens (tertiary/aromatic N) is 3. The van der Waals surface area contributed by atoms with Gasteiger partial charge in [0.2, 0.25) is 8.07 Å². The molecule has 2 aromatic heterocycles. The number of hydrogen-bond donors (Lipinski definition) is 0. The zero-order valence-corrected chi connectivity index (χ0v) is 33.9. The molecule has 0 radical (unpaired) electrons. The summed E-state index contributed by atoms with van der Waals surface area (Å²) in [7, 11) is -2.95. The molecule has 0 atom stereocenters. The molecule has 0 bridgehead atoms. The fraction of sp³-hybridized carbons (Fsp3) is 0.0545. The summed E-state index contributed by atoms with van der Waals surface area (Å²) in [4.78, 5) is 11.6. The SMILES string of the molecule is CC1(C)c2ccccc2-c2ccc3c4ccccc4n(-c4ccccc4-c4nc(-c5ccccc5)c5c(n4)[Si](c4ccccc4)(c4ccccc4)c4ccccc4-5)c3c21. The minimum Gasteiger partial charge on any atom is -0.308 e. The Bertz CT molecular complexity index is 3250. The number of aromatic nitrogens is 3. The molecule has 4 heteroatoms. The summed E-state index contributed by atoms with van der Waals surface area (Å²) in [5, 5.41) is 7.60. The van der Waals surface area contributed by atoms with Crippen LogP contribution in [0.3, 0.4) is 0 Å². The number of fused-ring (bicyclic) bond motifs is 10. The smallest absolute Gasteiger partial charge is 0.203 e. The molecule has 0 N–H and O–H groups in total. The number of para-hydroxylation sites is 2. The third-order valence-corrected chi connectivity index (χ3v) is 17.8. The molecule has 0 spiro atoms. The van der Waals surface area contributed by atoms with Crippen LogP contribution < -0.4 is 20.9 Å². The van der Waals surface area contributed by atoms with Gasteiger partial charge in [0, 0.05) is 32.9 Å². The van der Waals surface area contributed by atoms with Gasteiger partial charge in [-0.15, -0.1) is 0 Å². The fourth-order valence-electron chi connectivity index (χ4n) is 10.6. The Morgan fingerprint density at radius 3 is 1.81 bits per heavy atom. The molecule has 2 aliphatic rings. The number of rotatable bonds is 5. The summed E-state index contributed by atoms with van der Waals surface area (Å²) in [5.74, 6) is 0.732. The first-order chi connectivity index (χ1) is 29.1. The largest absolute Gasteiger partial charge is 0.308 e. The van der Waals surface area contributed by atoms with E-state index in [1.807, 2.05) is 0 Å². The van der Waals surface area contributed by atoms with Crippen molar-refractivity contribution in [2.75, 3.05) is 0 Å². The van der Waals surface area contributed by atoms with Gasteiger partial charge in [0.05, 0.1) is 27.7 Å². The van der Waals surface area contributed by atoms with E-state index in [9.17, 15) is 0 Å². The molecule has 1 aliphatic carbocycles. The van der Waals surface area contributed by atoms with E-state index in [4.69, 9.17) is 9.97 Å². The van der Waals surface area contributed by atoms with Crippen molar-refractivity contribution in [3.8, 4) is 50.6 Å². The van der Waals surface area contributed by atoms with Gasteiger partial charge in [-0.3, -0.25) is 0 Å². The number of benzene rings is 8. The monoisotopic (exact) mass is 769 g/mol. The van der Waals surface area contributed by atoms with E-state index in [2.05, 4.69) is 219 Å². The Labute approximate surface area is 345 Å². The van der Waals surface area contributed by atoms with E-state index in [1.54, 1.807) is 0 Å². The third kappa shape index (κ3) is 4.63. The molecule has 0 amide bonds. The Hall–Kier alpha value is -7.14. The molecule has 59 heavy (non-hydrogen) atoms. The van der Waals surface area contributed by atoms with Crippen molar-refractivity contribution >= 4 is 50.8 Å². The van der Waals surface area contributed by atoms with Crippen LogP contribution in [0.15, 0.2) is 200 Å². The molecule has 278 valence electrons. The quantitative estimate of drug-likeness (QED) is 0.163. The lowest BCUT2D eigenvalue weighted by Crippen LogP contribution is -2.73. The van der Waals surface area contributed by atoms with Crippen LogP contribution in [-0.2, 0) is 5.41 Å². The Morgan fingerprint density at radius 2 is 1.07 bits per heavy atom. The van der Waals surface area contributed by atoms with E-state index in [-0.39, 0.29) is 5.41 Å². The summed E-state index contributed by atoms with van der Waals surface area (Å²) in [6.45, 7) is 4.77. The highest BCUT2D eigenvalue weighted by molar-refractivity contribution is 7.21. The van der Waals surface area contributed by atoms with Gasteiger partial charge < -0.3 is 4.57 Å². The zero-order valence-electron chi connectivity index (χ0n) is 32.9. The maximum atomic E-state index is 5.93. The van der Waals surface area contributed by atoms with E-state index in [1.165, 1.54) is 65.2 Å². The van der Waals surface area contributed by atoms with Gasteiger partial charge >= 0.3 is 0 Å².